The van der Waals surface area contributed by atoms with E-state index >= 15 is 0 Å². The van der Waals surface area contributed by atoms with Crippen LogP contribution in [0.1, 0.15) is 43.7 Å². The van der Waals surface area contributed by atoms with Crippen LogP contribution in [0.15, 0.2) is 36.4 Å². The number of rotatable bonds is 14. The maximum atomic E-state index is 12.4. The number of carbonyl (C=O) groups is 2. The number of carbonyl (C=O) groups excluding carboxylic acids is 2. The topological polar surface area (TPSA) is 93.1 Å². The summed E-state index contributed by atoms with van der Waals surface area (Å²) in [6.45, 7) is 2.73. The Hall–Kier alpha value is -1.67. The summed E-state index contributed by atoms with van der Waals surface area (Å²) in [6, 6.07) is 7.90. The maximum absolute atomic E-state index is 12.4. The quantitative estimate of drug-likeness (QED) is 0.248. The van der Waals surface area contributed by atoms with E-state index in [0.717, 1.165) is 29.1 Å². The number of Topliss-reactive ketones (excluding diaryl/α,β-unsaturated/α-hetero) is 1. The van der Waals surface area contributed by atoms with Crippen LogP contribution >= 0.6 is 11.8 Å². The number of hydrogen-bond donors (Lipinski definition) is 2. The Kier molecular flexibility index (Phi) is 12.0. The minimum absolute atomic E-state index is 0.0843. The van der Waals surface area contributed by atoms with E-state index in [4.69, 9.17) is 9.47 Å². The summed E-state index contributed by atoms with van der Waals surface area (Å²) in [7, 11) is 1.65. The van der Waals surface area contributed by atoms with Crippen molar-refractivity contribution in [1.29, 1.82) is 0 Å². The molecule has 32 heavy (non-hydrogen) atoms. The van der Waals surface area contributed by atoms with Gasteiger partial charge in [0.15, 0.2) is 0 Å². The largest absolute Gasteiger partial charge is 0.466 e. The number of benzene rings is 1. The monoisotopic (exact) mass is 464 g/mol. The molecule has 0 radical (unpaired) electrons. The summed E-state index contributed by atoms with van der Waals surface area (Å²) in [5.41, 5.74) is 2.06. The Morgan fingerprint density at radius 1 is 1.31 bits per heavy atom. The molecule has 1 aromatic rings. The van der Waals surface area contributed by atoms with Crippen LogP contribution in [0.5, 0.6) is 0 Å². The van der Waals surface area contributed by atoms with Gasteiger partial charge in [-0.15, -0.1) is 0 Å². The summed E-state index contributed by atoms with van der Waals surface area (Å²) in [6.07, 6.45) is 4.62. The van der Waals surface area contributed by atoms with E-state index in [0.29, 0.717) is 32.5 Å². The van der Waals surface area contributed by atoms with E-state index < -0.39 is 12.2 Å². The fourth-order valence-corrected chi connectivity index (χ4v) is 5.01. The molecule has 0 aromatic heterocycles. The molecule has 2 N–H and O–H groups in total. The molecule has 2 rings (SSSR count). The number of esters is 1. The molecule has 178 valence electrons. The van der Waals surface area contributed by atoms with Crippen molar-refractivity contribution in [3.8, 4) is 0 Å². The van der Waals surface area contributed by atoms with E-state index in [9.17, 15) is 19.8 Å². The first kappa shape index (κ1) is 26.6. The van der Waals surface area contributed by atoms with Gasteiger partial charge in [-0.3, -0.25) is 9.59 Å². The first-order valence-corrected chi connectivity index (χ1v) is 12.5. The Labute approximate surface area is 195 Å². The molecule has 1 aliphatic carbocycles. The molecule has 0 bridgehead atoms. The fraction of sp³-hybridized carbons (Fsp3) is 0.600. The van der Waals surface area contributed by atoms with E-state index in [1.54, 1.807) is 31.9 Å². The van der Waals surface area contributed by atoms with Crippen molar-refractivity contribution in [2.24, 2.45) is 11.8 Å². The summed E-state index contributed by atoms with van der Waals surface area (Å²) >= 11 is 1.71. The van der Waals surface area contributed by atoms with E-state index in [1.165, 1.54) is 0 Å². The molecule has 0 aliphatic heterocycles. The molecule has 7 heteroatoms. The molecule has 0 spiro atoms. The second kappa shape index (κ2) is 14.5. The molecule has 4 atom stereocenters. The van der Waals surface area contributed by atoms with Crippen LogP contribution in [0.25, 0.3) is 0 Å². The molecule has 6 nitrogen and oxygen atoms in total. The number of aliphatic hydroxyl groups is 2. The van der Waals surface area contributed by atoms with Gasteiger partial charge in [-0.1, -0.05) is 36.4 Å². The fourth-order valence-electron chi connectivity index (χ4n) is 4.04. The highest BCUT2D eigenvalue weighted by molar-refractivity contribution is 7.99. The van der Waals surface area contributed by atoms with Crippen LogP contribution in [-0.2, 0) is 32.1 Å². The summed E-state index contributed by atoms with van der Waals surface area (Å²) < 4.78 is 10.1. The van der Waals surface area contributed by atoms with Gasteiger partial charge >= 0.3 is 5.97 Å². The molecule has 0 saturated heterocycles. The zero-order valence-corrected chi connectivity index (χ0v) is 19.9. The third kappa shape index (κ3) is 9.06. The third-order valence-corrected chi connectivity index (χ3v) is 6.69. The van der Waals surface area contributed by atoms with Crippen molar-refractivity contribution in [3.63, 3.8) is 0 Å². The van der Waals surface area contributed by atoms with E-state index in [-0.39, 0.29) is 30.0 Å². The van der Waals surface area contributed by atoms with Gasteiger partial charge in [0.05, 0.1) is 25.4 Å². The lowest BCUT2D eigenvalue weighted by atomic mass is 9.91. The van der Waals surface area contributed by atoms with Crippen LogP contribution in [0.4, 0.5) is 0 Å². The first-order chi connectivity index (χ1) is 15.4. The summed E-state index contributed by atoms with van der Waals surface area (Å²) in [5.74, 6) is 1.06. The molecule has 1 aromatic carbocycles. The van der Waals surface area contributed by atoms with E-state index in [1.807, 2.05) is 30.3 Å². The Balaban J connectivity index is 1.80. The van der Waals surface area contributed by atoms with Gasteiger partial charge < -0.3 is 19.7 Å². The number of ether oxygens (including phenoxy) is 2. The normalized spacial score (nSPS) is 21.9. The Morgan fingerprint density at radius 3 is 2.84 bits per heavy atom. The number of hydrogen-bond acceptors (Lipinski definition) is 7. The van der Waals surface area contributed by atoms with Crippen molar-refractivity contribution < 1.29 is 29.3 Å². The minimum atomic E-state index is -0.699. The summed E-state index contributed by atoms with van der Waals surface area (Å²) in [4.78, 5) is 23.7. The maximum Gasteiger partial charge on any atom is 0.305 e. The minimum Gasteiger partial charge on any atom is -0.466 e. The van der Waals surface area contributed by atoms with Crippen LogP contribution < -0.4 is 0 Å². The highest BCUT2D eigenvalue weighted by Gasteiger charge is 2.39. The molecule has 1 fully saturated rings. The predicted octanol–water partition coefficient (Wildman–Crippen LogP) is 3.33. The smallest absolute Gasteiger partial charge is 0.305 e. The highest BCUT2D eigenvalue weighted by Crippen LogP contribution is 2.34. The van der Waals surface area contributed by atoms with Gasteiger partial charge in [-0.2, -0.15) is 11.8 Å². The first-order valence-electron chi connectivity index (χ1n) is 11.3. The van der Waals surface area contributed by atoms with Crippen LogP contribution in [0, 0.1) is 11.8 Å². The van der Waals surface area contributed by atoms with Crippen molar-refractivity contribution >= 4 is 23.5 Å². The van der Waals surface area contributed by atoms with Gasteiger partial charge in [0.1, 0.15) is 5.78 Å². The predicted molar refractivity (Wildman–Crippen MR) is 126 cm³/mol. The average molecular weight is 465 g/mol. The number of thioether (sulfide) groups is 1. The summed E-state index contributed by atoms with van der Waals surface area (Å²) in [5, 5.41) is 20.8. The molecule has 1 saturated carbocycles. The number of methoxy groups -OCH3 is 1. The van der Waals surface area contributed by atoms with Crippen LogP contribution in [-0.4, -0.2) is 59.4 Å². The highest BCUT2D eigenvalue weighted by atomic mass is 32.2. The lowest BCUT2D eigenvalue weighted by Crippen LogP contribution is -2.20. The molecular formula is C25H36O6S. The lowest BCUT2D eigenvalue weighted by molar-refractivity contribution is -0.143. The van der Waals surface area contributed by atoms with Crippen LogP contribution in [0.2, 0.25) is 0 Å². The zero-order valence-electron chi connectivity index (χ0n) is 19.1. The SMILES string of the molecule is CCOC(=O)CCCSCC[C@H]1C(=O)C[C@@H](O)[C@H]1/C=C/[C@@H](O)Cc1cccc(COC)c1. The molecular weight excluding hydrogens is 428 g/mol. The van der Waals surface area contributed by atoms with E-state index in [2.05, 4.69) is 0 Å². The van der Waals surface area contributed by atoms with Gasteiger partial charge in [0.25, 0.3) is 0 Å². The lowest BCUT2D eigenvalue weighted by Gasteiger charge is -2.18. The van der Waals surface area contributed by atoms with Crippen molar-refractivity contribution in [2.45, 2.75) is 57.8 Å². The van der Waals surface area contributed by atoms with Gasteiger partial charge in [0.2, 0.25) is 0 Å². The van der Waals surface area contributed by atoms with Gasteiger partial charge in [-0.05, 0) is 42.4 Å². The van der Waals surface area contributed by atoms with Gasteiger partial charge in [0, 0.05) is 38.2 Å². The molecule has 0 amide bonds. The standard InChI is InChI=1S/C25H36O6S/c1-3-31-25(29)8-5-12-32-13-11-22-21(23(27)16-24(22)28)10-9-20(26)15-18-6-4-7-19(14-18)17-30-2/h4,6-7,9-10,14,20-23,26-27H,3,5,8,11-13,15-17H2,1-2H3/b10-9+/t20-,21+,22-,23-/m1/s1. The van der Waals surface area contributed by atoms with Crippen molar-refractivity contribution in [2.75, 3.05) is 25.2 Å². The second-order valence-electron chi connectivity index (χ2n) is 8.14. The third-order valence-electron chi connectivity index (χ3n) is 5.58. The number of aliphatic hydroxyl groups excluding tert-OH is 2. The Bertz CT molecular complexity index is 750. The molecule has 0 unspecified atom stereocenters. The van der Waals surface area contributed by atoms with Crippen molar-refractivity contribution in [1.82, 2.24) is 0 Å². The number of ketones is 1. The van der Waals surface area contributed by atoms with Crippen molar-refractivity contribution in [3.05, 3.63) is 47.5 Å². The Morgan fingerprint density at radius 2 is 2.09 bits per heavy atom. The molecule has 0 heterocycles. The molecule has 1 aliphatic rings. The van der Waals surface area contributed by atoms with Gasteiger partial charge in [-0.25, -0.2) is 0 Å². The average Bonchev–Trinajstić information content (AvgIpc) is 3.02. The zero-order chi connectivity index (χ0) is 23.3. The van der Waals surface area contributed by atoms with Crippen LogP contribution in [0.3, 0.4) is 0 Å². The second-order valence-corrected chi connectivity index (χ2v) is 9.37.